The summed E-state index contributed by atoms with van der Waals surface area (Å²) in [4.78, 5) is 13.0. The van der Waals surface area contributed by atoms with Crippen LogP contribution < -0.4 is 10.6 Å². The van der Waals surface area contributed by atoms with Crippen LogP contribution in [0.15, 0.2) is 54.9 Å². The molecule has 3 rings (SSSR count). The highest BCUT2D eigenvalue weighted by molar-refractivity contribution is 5.62. The van der Waals surface area contributed by atoms with E-state index in [2.05, 4.69) is 38.6 Å². The lowest BCUT2D eigenvalue weighted by Crippen LogP contribution is -2.05. The highest BCUT2D eigenvalue weighted by Crippen LogP contribution is 2.20. The fourth-order valence-electron chi connectivity index (χ4n) is 2.27. The van der Waals surface area contributed by atoms with Crippen LogP contribution in [0.3, 0.4) is 0 Å². The summed E-state index contributed by atoms with van der Waals surface area (Å²) in [5.41, 5.74) is 3.33. The average Bonchev–Trinajstić information content (AvgIpc) is 2.56. The molecule has 23 heavy (non-hydrogen) atoms. The quantitative estimate of drug-likeness (QED) is 0.750. The van der Waals surface area contributed by atoms with Gasteiger partial charge in [0.15, 0.2) is 0 Å². The molecule has 0 radical (unpaired) electrons. The van der Waals surface area contributed by atoms with Gasteiger partial charge in [-0.15, -0.1) is 0 Å². The molecule has 2 N–H and O–H groups in total. The number of anilines is 3. The van der Waals surface area contributed by atoms with Crippen LogP contribution in [0, 0.1) is 13.8 Å². The van der Waals surface area contributed by atoms with E-state index in [9.17, 15) is 0 Å². The topological polar surface area (TPSA) is 62.7 Å². The Balaban J connectivity index is 1.75. The summed E-state index contributed by atoms with van der Waals surface area (Å²) in [6, 6.07) is 14.0. The number of benzene rings is 1. The maximum absolute atomic E-state index is 4.45. The van der Waals surface area contributed by atoms with E-state index in [1.807, 2.05) is 49.5 Å². The number of para-hydroxylation sites is 1. The van der Waals surface area contributed by atoms with Gasteiger partial charge in [-0.2, -0.15) is 0 Å². The van der Waals surface area contributed by atoms with Gasteiger partial charge in [-0.1, -0.05) is 24.3 Å². The first kappa shape index (κ1) is 15.0. The Morgan fingerprint density at radius 3 is 2.57 bits per heavy atom. The minimum atomic E-state index is 0.675. The molecular weight excluding hydrogens is 286 g/mol. The number of nitrogens with one attached hydrogen (secondary N) is 2. The Morgan fingerprint density at radius 2 is 1.78 bits per heavy atom. The minimum Gasteiger partial charge on any atom is -0.366 e. The van der Waals surface area contributed by atoms with Crippen molar-refractivity contribution in [2.24, 2.45) is 0 Å². The van der Waals surface area contributed by atoms with Crippen LogP contribution in [0.1, 0.15) is 17.0 Å². The summed E-state index contributed by atoms with van der Waals surface area (Å²) in [6.45, 7) is 4.63. The van der Waals surface area contributed by atoms with E-state index in [0.29, 0.717) is 6.54 Å². The largest absolute Gasteiger partial charge is 0.366 e. The lowest BCUT2D eigenvalue weighted by atomic mass is 10.2. The summed E-state index contributed by atoms with van der Waals surface area (Å²) in [7, 11) is 0. The zero-order valence-electron chi connectivity index (χ0n) is 13.2. The number of pyridine rings is 1. The van der Waals surface area contributed by atoms with Crippen LogP contribution >= 0.6 is 0 Å². The molecule has 0 saturated carbocycles. The molecule has 5 heteroatoms. The van der Waals surface area contributed by atoms with Crippen LogP contribution in [0.25, 0.3) is 0 Å². The average molecular weight is 305 g/mol. The van der Waals surface area contributed by atoms with Crippen molar-refractivity contribution in [2.45, 2.75) is 20.4 Å². The summed E-state index contributed by atoms with van der Waals surface area (Å²) in [6.07, 6.45) is 3.61. The van der Waals surface area contributed by atoms with Gasteiger partial charge in [0.1, 0.15) is 17.5 Å². The zero-order valence-corrected chi connectivity index (χ0v) is 13.2. The van der Waals surface area contributed by atoms with Gasteiger partial charge in [0, 0.05) is 30.7 Å². The van der Waals surface area contributed by atoms with E-state index in [4.69, 9.17) is 0 Å². The Labute approximate surface area is 135 Å². The van der Waals surface area contributed by atoms with E-state index in [-0.39, 0.29) is 0 Å². The number of nitrogens with zero attached hydrogens (tertiary/aromatic N) is 3. The summed E-state index contributed by atoms with van der Waals surface area (Å²) in [5.74, 6) is 2.29. The predicted octanol–water partition coefficient (Wildman–Crippen LogP) is 3.84. The van der Waals surface area contributed by atoms with Gasteiger partial charge in [-0.05, 0) is 37.1 Å². The van der Waals surface area contributed by atoms with Gasteiger partial charge < -0.3 is 10.6 Å². The smallest absolute Gasteiger partial charge is 0.136 e. The van der Waals surface area contributed by atoms with Gasteiger partial charge in [-0.25, -0.2) is 9.97 Å². The maximum atomic E-state index is 4.45. The first-order valence-corrected chi connectivity index (χ1v) is 7.52. The molecule has 0 aliphatic heterocycles. The van der Waals surface area contributed by atoms with Crippen molar-refractivity contribution in [3.8, 4) is 0 Å². The van der Waals surface area contributed by atoms with Gasteiger partial charge in [0.05, 0.1) is 0 Å². The van der Waals surface area contributed by atoms with Crippen LogP contribution in [-0.4, -0.2) is 15.0 Å². The van der Waals surface area contributed by atoms with Gasteiger partial charge in [0.2, 0.25) is 0 Å². The molecule has 2 heterocycles. The second kappa shape index (κ2) is 6.87. The lowest BCUT2D eigenvalue weighted by molar-refractivity contribution is 1.02. The van der Waals surface area contributed by atoms with E-state index in [1.165, 1.54) is 5.56 Å². The van der Waals surface area contributed by atoms with Crippen molar-refractivity contribution >= 4 is 17.3 Å². The predicted molar refractivity (Wildman–Crippen MR) is 92.8 cm³/mol. The number of rotatable bonds is 5. The second-order valence-electron chi connectivity index (χ2n) is 5.34. The molecule has 0 saturated heterocycles. The third-order valence-electron chi connectivity index (χ3n) is 3.44. The van der Waals surface area contributed by atoms with E-state index >= 15 is 0 Å². The molecule has 0 aliphatic rings. The zero-order chi connectivity index (χ0) is 16.1. The van der Waals surface area contributed by atoms with E-state index < -0.39 is 0 Å². The molecular formula is C18H19N5. The lowest BCUT2D eigenvalue weighted by Gasteiger charge is -2.11. The number of hydrogen-bond donors (Lipinski definition) is 2. The monoisotopic (exact) mass is 305 g/mol. The highest BCUT2D eigenvalue weighted by atomic mass is 15.1. The number of aromatic nitrogens is 3. The maximum Gasteiger partial charge on any atom is 0.136 e. The van der Waals surface area contributed by atoms with Crippen LogP contribution in [0.5, 0.6) is 0 Å². The molecule has 1 aromatic carbocycles. The van der Waals surface area contributed by atoms with Gasteiger partial charge in [0.25, 0.3) is 0 Å². The van der Waals surface area contributed by atoms with Crippen molar-refractivity contribution < 1.29 is 0 Å². The molecule has 0 fully saturated rings. The first-order valence-electron chi connectivity index (χ1n) is 7.52. The number of hydrogen-bond acceptors (Lipinski definition) is 5. The van der Waals surface area contributed by atoms with E-state index in [1.54, 1.807) is 6.20 Å². The SMILES string of the molecule is Cc1nc(NCc2cccnc2)cc(Nc2ccccc2C)n1. The Hall–Kier alpha value is -2.95. The molecule has 116 valence electrons. The van der Waals surface area contributed by atoms with Gasteiger partial charge in [-0.3, -0.25) is 4.98 Å². The molecule has 0 unspecified atom stereocenters. The van der Waals surface area contributed by atoms with Crippen molar-refractivity contribution in [2.75, 3.05) is 10.6 Å². The molecule has 0 atom stereocenters. The fourth-order valence-corrected chi connectivity index (χ4v) is 2.27. The van der Waals surface area contributed by atoms with Crippen molar-refractivity contribution in [1.82, 2.24) is 15.0 Å². The molecule has 0 bridgehead atoms. The van der Waals surface area contributed by atoms with Crippen LogP contribution in [0.4, 0.5) is 17.3 Å². The summed E-state index contributed by atoms with van der Waals surface area (Å²) in [5, 5.41) is 6.66. The summed E-state index contributed by atoms with van der Waals surface area (Å²) < 4.78 is 0. The number of aryl methyl sites for hydroxylation is 2. The van der Waals surface area contributed by atoms with Crippen molar-refractivity contribution in [3.63, 3.8) is 0 Å². The standard InChI is InChI=1S/C18H19N5/c1-13-6-3-4-8-16(13)23-18-10-17(21-14(2)22-18)20-12-15-7-5-9-19-11-15/h3-11H,12H2,1-2H3,(H2,20,21,22,23). The molecule has 0 amide bonds. The van der Waals surface area contributed by atoms with Crippen molar-refractivity contribution in [3.05, 3.63) is 71.8 Å². The fraction of sp³-hybridized carbons (Fsp3) is 0.167. The Morgan fingerprint density at radius 1 is 0.957 bits per heavy atom. The second-order valence-corrected chi connectivity index (χ2v) is 5.34. The first-order chi connectivity index (χ1) is 11.2. The van der Waals surface area contributed by atoms with Crippen LogP contribution in [-0.2, 0) is 6.54 Å². The Kier molecular flexibility index (Phi) is 4.47. The highest BCUT2D eigenvalue weighted by Gasteiger charge is 2.04. The molecule has 3 aromatic rings. The minimum absolute atomic E-state index is 0.675. The molecule has 0 aliphatic carbocycles. The van der Waals surface area contributed by atoms with E-state index in [0.717, 1.165) is 28.7 Å². The Bertz CT molecular complexity index is 786. The molecule has 5 nitrogen and oxygen atoms in total. The van der Waals surface area contributed by atoms with Crippen molar-refractivity contribution in [1.29, 1.82) is 0 Å². The summed E-state index contributed by atoms with van der Waals surface area (Å²) >= 11 is 0. The normalized spacial score (nSPS) is 10.3. The third-order valence-corrected chi connectivity index (χ3v) is 3.44. The van der Waals surface area contributed by atoms with Gasteiger partial charge >= 0.3 is 0 Å². The van der Waals surface area contributed by atoms with Crippen LogP contribution in [0.2, 0.25) is 0 Å². The molecule has 2 aromatic heterocycles. The third kappa shape index (κ3) is 4.03. The molecule has 0 spiro atoms.